The highest BCUT2D eigenvalue weighted by Gasteiger charge is 2.19. The molecule has 0 unspecified atom stereocenters. The quantitative estimate of drug-likeness (QED) is 0.909. The maximum Gasteiger partial charge on any atom is 0.223 e. The molecule has 0 saturated carbocycles. The Morgan fingerprint density at radius 3 is 2.58 bits per heavy atom. The molecular formula is C15H24N2O2. The van der Waals surface area contributed by atoms with Crippen molar-refractivity contribution in [3.05, 3.63) is 27.7 Å². The summed E-state index contributed by atoms with van der Waals surface area (Å²) in [5, 5.41) is 10.1. The van der Waals surface area contributed by atoms with Gasteiger partial charge in [0.2, 0.25) is 5.43 Å². The second kappa shape index (κ2) is 5.78. The first-order chi connectivity index (χ1) is 9.02. The molecule has 0 radical (unpaired) electrons. The Morgan fingerprint density at radius 1 is 1.37 bits per heavy atom. The number of aromatic hydroxyl groups is 1. The standard InChI is InChI=1S/C15H24N2O2/c1-4-17-12(3)9-14(18)15(19)13(17)10-16-7-5-11(2)6-8-16/h9,11,19H,4-8,10H2,1-3H3. The van der Waals surface area contributed by atoms with Gasteiger partial charge in [-0.1, -0.05) is 6.92 Å². The second-order valence-electron chi connectivity index (χ2n) is 5.65. The first-order valence-corrected chi connectivity index (χ1v) is 7.17. The van der Waals surface area contributed by atoms with Crippen LogP contribution in [0, 0.1) is 12.8 Å². The number of rotatable bonds is 3. The SMILES string of the molecule is CCn1c(C)cc(=O)c(O)c1CN1CCC(C)CC1. The number of likely N-dealkylation sites (tertiary alicyclic amines) is 1. The third-order valence-corrected chi connectivity index (χ3v) is 4.16. The van der Waals surface area contributed by atoms with Gasteiger partial charge in [-0.2, -0.15) is 0 Å². The number of aromatic nitrogens is 1. The number of aryl methyl sites for hydroxylation is 1. The summed E-state index contributed by atoms with van der Waals surface area (Å²) in [5.41, 5.74) is 1.43. The lowest BCUT2D eigenvalue weighted by Crippen LogP contribution is -2.34. The van der Waals surface area contributed by atoms with E-state index in [1.807, 2.05) is 18.4 Å². The molecule has 1 aromatic heterocycles. The first-order valence-electron chi connectivity index (χ1n) is 7.17. The fourth-order valence-corrected chi connectivity index (χ4v) is 2.85. The molecule has 0 amide bonds. The largest absolute Gasteiger partial charge is 0.503 e. The highest BCUT2D eigenvalue weighted by molar-refractivity contribution is 5.29. The molecule has 4 heteroatoms. The number of piperidine rings is 1. The predicted octanol–water partition coefficient (Wildman–Crippen LogP) is 2.11. The molecule has 1 saturated heterocycles. The van der Waals surface area contributed by atoms with Crippen molar-refractivity contribution >= 4 is 0 Å². The lowest BCUT2D eigenvalue weighted by Gasteiger charge is -2.31. The van der Waals surface area contributed by atoms with Crippen molar-refractivity contribution in [2.24, 2.45) is 5.92 Å². The van der Waals surface area contributed by atoms with Gasteiger partial charge in [-0.05, 0) is 45.7 Å². The van der Waals surface area contributed by atoms with E-state index in [0.717, 1.165) is 36.9 Å². The van der Waals surface area contributed by atoms with Crippen molar-refractivity contribution in [2.75, 3.05) is 13.1 Å². The Labute approximate surface area is 114 Å². The van der Waals surface area contributed by atoms with E-state index in [1.54, 1.807) is 0 Å². The lowest BCUT2D eigenvalue weighted by molar-refractivity contribution is 0.179. The number of hydrogen-bond donors (Lipinski definition) is 1. The Kier molecular flexibility index (Phi) is 4.30. The molecule has 2 heterocycles. The number of hydrogen-bond acceptors (Lipinski definition) is 3. The Morgan fingerprint density at radius 2 is 2.00 bits per heavy atom. The number of nitrogens with zero attached hydrogens (tertiary/aromatic N) is 2. The van der Waals surface area contributed by atoms with E-state index in [4.69, 9.17) is 0 Å². The van der Waals surface area contributed by atoms with Gasteiger partial charge >= 0.3 is 0 Å². The summed E-state index contributed by atoms with van der Waals surface area (Å²) in [7, 11) is 0. The van der Waals surface area contributed by atoms with Gasteiger partial charge in [0.15, 0.2) is 5.75 Å². The number of pyridine rings is 1. The molecule has 0 atom stereocenters. The van der Waals surface area contributed by atoms with Crippen molar-refractivity contribution in [1.29, 1.82) is 0 Å². The summed E-state index contributed by atoms with van der Waals surface area (Å²) in [5.74, 6) is 0.710. The van der Waals surface area contributed by atoms with Crippen molar-refractivity contribution in [2.45, 2.75) is 46.7 Å². The Hall–Kier alpha value is -1.29. The highest BCUT2D eigenvalue weighted by Crippen LogP contribution is 2.21. The summed E-state index contributed by atoms with van der Waals surface area (Å²) in [6.07, 6.45) is 2.39. The highest BCUT2D eigenvalue weighted by atomic mass is 16.3. The van der Waals surface area contributed by atoms with Crippen LogP contribution in [0.3, 0.4) is 0 Å². The van der Waals surface area contributed by atoms with Crippen LogP contribution >= 0.6 is 0 Å². The van der Waals surface area contributed by atoms with E-state index >= 15 is 0 Å². The van der Waals surface area contributed by atoms with Crippen LogP contribution in [0.15, 0.2) is 10.9 Å². The third kappa shape index (κ3) is 3.00. The lowest BCUT2D eigenvalue weighted by atomic mass is 9.99. The summed E-state index contributed by atoms with van der Waals surface area (Å²) in [4.78, 5) is 14.1. The van der Waals surface area contributed by atoms with Gasteiger partial charge in [0.25, 0.3) is 0 Å². The molecule has 1 aliphatic heterocycles. The van der Waals surface area contributed by atoms with Crippen LogP contribution < -0.4 is 5.43 Å². The molecule has 2 rings (SSSR count). The van der Waals surface area contributed by atoms with E-state index in [9.17, 15) is 9.90 Å². The van der Waals surface area contributed by atoms with E-state index in [-0.39, 0.29) is 11.2 Å². The normalized spacial score (nSPS) is 17.8. The zero-order valence-corrected chi connectivity index (χ0v) is 12.1. The van der Waals surface area contributed by atoms with Gasteiger partial charge in [-0.3, -0.25) is 9.69 Å². The van der Waals surface area contributed by atoms with Gasteiger partial charge in [0.1, 0.15) is 0 Å². The van der Waals surface area contributed by atoms with Crippen LogP contribution in [0.5, 0.6) is 5.75 Å². The van der Waals surface area contributed by atoms with E-state index in [0.29, 0.717) is 6.54 Å². The molecule has 1 aliphatic rings. The van der Waals surface area contributed by atoms with E-state index in [2.05, 4.69) is 11.8 Å². The fourth-order valence-electron chi connectivity index (χ4n) is 2.85. The molecule has 1 fully saturated rings. The van der Waals surface area contributed by atoms with Gasteiger partial charge in [0.05, 0.1) is 5.69 Å². The van der Waals surface area contributed by atoms with Crippen LogP contribution in [0.4, 0.5) is 0 Å². The second-order valence-corrected chi connectivity index (χ2v) is 5.65. The molecule has 1 aromatic rings. The smallest absolute Gasteiger partial charge is 0.223 e. The topological polar surface area (TPSA) is 45.5 Å². The van der Waals surface area contributed by atoms with Gasteiger partial charge in [-0.25, -0.2) is 0 Å². The third-order valence-electron chi connectivity index (χ3n) is 4.16. The van der Waals surface area contributed by atoms with Crippen molar-refractivity contribution in [3.63, 3.8) is 0 Å². The van der Waals surface area contributed by atoms with Crippen molar-refractivity contribution in [1.82, 2.24) is 9.47 Å². The zero-order chi connectivity index (χ0) is 14.0. The maximum atomic E-state index is 11.7. The molecule has 0 spiro atoms. The predicted molar refractivity (Wildman–Crippen MR) is 76.5 cm³/mol. The van der Waals surface area contributed by atoms with Crippen LogP contribution in [-0.2, 0) is 13.1 Å². The molecule has 0 aliphatic carbocycles. The van der Waals surface area contributed by atoms with Crippen molar-refractivity contribution < 1.29 is 5.11 Å². The average Bonchev–Trinajstić information content (AvgIpc) is 2.38. The van der Waals surface area contributed by atoms with Gasteiger partial charge in [0, 0.05) is 24.8 Å². The summed E-state index contributed by atoms with van der Waals surface area (Å²) in [6, 6.07) is 1.51. The molecular weight excluding hydrogens is 240 g/mol. The molecule has 106 valence electrons. The minimum Gasteiger partial charge on any atom is -0.503 e. The Balaban J connectivity index is 2.26. The fraction of sp³-hybridized carbons (Fsp3) is 0.667. The van der Waals surface area contributed by atoms with Crippen LogP contribution in [-0.4, -0.2) is 27.7 Å². The van der Waals surface area contributed by atoms with Crippen LogP contribution in [0.25, 0.3) is 0 Å². The van der Waals surface area contributed by atoms with Crippen LogP contribution in [0.2, 0.25) is 0 Å². The maximum absolute atomic E-state index is 11.7. The minimum absolute atomic E-state index is 0.0777. The zero-order valence-electron chi connectivity index (χ0n) is 12.1. The Bertz CT molecular complexity index is 500. The molecule has 0 aromatic carbocycles. The van der Waals surface area contributed by atoms with E-state index in [1.165, 1.54) is 18.9 Å². The summed E-state index contributed by atoms with van der Waals surface area (Å²) >= 11 is 0. The first kappa shape index (κ1) is 14.1. The summed E-state index contributed by atoms with van der Waals surface area (Å²) in [6.45, 7) is 9.79. The minimum atomic E-state index is -0.262. The molecule has 4 nitrogen and oxygen atoms in total. The molecule has 19 heavy (non-hydrogen) atoms. The molecule has 0 bridgehead atoms. The monoisotopic (exact) mass is 264 g/mol. The van der Waals surface area contributed by atoms with Gasteiger partial charge in [-0.15, -0.1) is 0 Å². The average molecular weight is 264 g/mol. The summed E-state index contributed by atoms with van der Waals surface area (Å²) < 4.78 is 2.04. The van der Waals surface area contributed by atoms with E-state index < -0.39 is 0 Å². The molecule has 1 N–H and O–H groups in total. The van der Waals surface area contributed by atoms with Gasteiger partial charge < -0.3 is 9.67 Å². The van der Waals surface area contributed by atoms with Crippen LogP contribution in [0.1, 0.15) is 38.1 Å². The van der Waals surface area contributed by atoms with Crippen molar-refractivity contribution in [3.8, 4) is 5.75 Å².